The van der Waals surface area contributed by atoms with Crippen LogP contribution in [0.4, 0.5) is 4.39 Å². The molecular weight excluding hydrogens is 323 g/mol. The molecule has 0 aliphatic heterocycles. The quantitative estimate of drug-likeness (QED) is 0.710. The van der Waals surface area contributed by atoms with Crippen LogP contribution in [-0.4, -0.2) is 16.6 Å². The van der Waals surface area contributed by atoms with Gasteiger partial charge in [-0.25, -0.2) is 4.39 Å². The zero-order chi connectivity index (χ0) is 17.3. The van der Waals surface area contributed by atoms with Gasteiger partial charge in [0.1, 0.15) is 5.67 Å². The zero-order valence-electron chi connectivity index (χ0n) is 14.3. The van der Waals surface area contributed by atoms with Crippen molar-refractivity contribution in [2.75, 3.05) is 0 Å². The third-order valence-corrected chi connectivity index (χ3v) is 8.27. The van der Waals surface area contributed by atoms with E-state index in [1.54, 1.807) is 6.08 Å². The fourth-order valence-corrected chi connectivity index (χ4v) is 6.92. The van der Waals surface area contributed by atoms with Gasteiger partial charge < -0.3 is 0 Å². The molecule has 0 amide bonds. The minimum absolute atomic E-state index is 0.0215. The van der Waals surface area contributed by atoms with E-state index in [-0.39, 0.29) is 34.1 Å². The second-order valence-corrected chi connectivity index (χ2v) is 9.14. The van der Waals surface area contributed by atoms with Crippen LogP contribution in [0.15, 0.2) is 23.8 Å². The van der Waals surface area contributed by atoms with Gasteiger partial charge in [0.15, 0.2) is 10.9 Å². The first-order chi connectivity index (χ1) is 11.2. The Hall–Kier alpha value is -0.900. The van der Waals surface area contributed by atoms with Gasteiger partial charge in [-0.3, -0.25) is 9.59 Å². The smallest absolute Gasteiger partial charge is 0.189 e. The Morgan fingerprint density at radius 3 is 2.67 bits per heavy atom. The maximum absolute atomic E-state index is 16.5. The van der Waals surface area contributed by atoms with Crippen LogP contribution in [0.5, 0.6) is 0 Å². The van der Waals surface area contributed by atoms with Crippen LogP contribution in [0.2, 0.25) is 0 Å². The van der Waals surface area contributed by atoms with E-state index in [1.807, 2.05) is 13.0 Å². The van der Waals surface area contributed by atoms with Crippen molar-refractivity contribution in [1.82, 2.24) is 0 Å². The third kappa shape index (κ3) is 1.89. The molecule has 3 saturated carbocycles. The Labute approximate surface area is 148 Å². The van der Waals surface area contributed by atoms with Crippen molar-refractivity contribution in [2.24, 2.45) is 28.6 Å². The number of halogens is 1. The fourth-order valence-electron chi connectivity index (χ4n) is 6.49. The molecule has 130 valence electrons. The molecule has 0 aromatic rings. The van der Waals surface area contributed by atoms with E-state index in [2.05, 4.69) is 19.6 Å². The van der Waals surface area contributed by atoms with Crippen LogP contribution in [0.25, 0.3) is 0 Å². The monoisotopic (exact) mass is 348 g/mol. The van der Waals surface area contributed by atoms with Gasteiger partial charge in [-0.15, -0.1) is 12.6 Å². The minimum Gasteiger partial charge on any atom is -0.290 e. The normalized spacial score (nSPS) is 49.9. The lowest BCUT2D eigenvalue weighted by molar-refractivity contribution is -0.136. The first-order valence-electron chi connectivity index (χ1n) is 9.08. The van der Waals surface area contributed by atoms with Gasteiger partial charge in [-0.1, -0.05) is 18.6 Å². The molecule has 2 nitrogen and oxygen atoms in total. The summed E-state index contributed by atoms with van der Waals surface area (Å²) in [6.07, 6.45) is 9.53. The van der Waals surface area contributed by atoms with Crippen molar-refractivity contribution in [2.45, 2.75) is 58.0 Å². The molecule has 4 heteroatoms. The van der Waals surface area contributed by atoms with E-state index >= 15 is 4.39 Å². The largest absolute Gasteiger partial charge is 0.290 e. The molecule has 0 spiro atoms. The lowest BCUT2D eigenvalue weighted by Gasteiger charge is -2.60. The number of hydrogen-bond donors (Lipinski definition) is 1. The molecule has 0 N–H and O–H groups in total. The summed E-state index contributed by atoms with van der Waals surface area (Å²) in [5.41, 5.74) is -1.15. The van der Waals surface area contributed by atoms with Gasteiger partial charge in [-0.2, -0.15) is 0 Å². The average molecular weight is 348 g/mol. The molecule has 4 aliphatic carbocycles. The van der Waals surface area contributed by atoms with Gasteiger partial charge >= 0.3 is 0 Å². The van der Waals surface area contributed by atoms with E-state index in [4.69, 9.17) is 0 Å². The molecule has 0 radical (unpaired) electrons. The summed E-state index contributed by atoms with van der Waals surface area (Å²) in [4.78, 5) is 23.7. The van der Waals surface area contributed by atoms with Crippen molar-refractivity contribution in [3.05, 3.63) is 23.8 Å². The van der Waals surface area contributed by atoms with E-state index in [0.29, 0.717) is 6.42 Å². The van der Waals surface area contributed by atoms with Crippen molar-refractivity contribution < 1.29 is 14.0 Å². The number of carbonyl (C=O) groups is 2. The predicted octanol–water partition coefficient (Wildman–Crippen LogP) is 4.46. The number of hydrogen-bond acceptors (Lipinski definition) is 2. The molecule has 4 aliphatic rings. The van der Waals surface area contributed by atoms with E-state index in [9.17, 15) is 9.59 Å². The highest BCUT2D eigenvalue weighted by Crippen LogP contribution is 2.68. The number of carbonyl (C=O) groups excluding carboxylic acids is 2. The summed E-state index contributed by atoms with van der Waals surface area (Å²) >= 11 is 4.11. The van der Waals surface area contributed by atoms with Crippen molar-refractivity contribution in [3.8, 4) is 0 Å². The first-order valence-corrected chi connectivity index (χ1v) is 9.53. The zero-order valence-corrected chi connectivity index (χ0v) is 15.2. The molecule has 4 rings (SSSR count). The number of ketones is 1. The van der Waals surface area contributed by atoms with Crippen LogP contribution >= 0.6 is 12.6 Å². The number of thiol groups is 1. The molecule has 24 heavy (non-hydrogen) atoms. The number of allylic oxidation sites excluding steroid dienone is 4. The van der Waals surface area contributed by atoms with E-state index in [1.165, 1.54) is 6.08 Å². The molecule has 0 bridgehead atoms. The van der Waals surface area contributed by atoms with Crippen molar-refractivity contribution >= 4 is 23.5 Å². The van der Waals surface area contributed by atoms with Crippen LogP contribution < -0.4 is 0 Å². The summed E-state index contributed by atoms with van der Waals surface area (Å²) in [5, 5.41) is -0.0304. The number of rotatable bonds is 1. The minimum atomic E-state index is -1.31. The Morgan fingerprint density at radius 2 is 1.96 bits per heavy atom. The molecule has 0 saturated heterocycles. The molecule has 0 aromatic heterocycles. The maximum Gasteiger partial charge on any atom is 0.189 e. The molecule has 3 fully saturated rings. The van der Waals surface area contributed by atoms with Gasteiger partial charge in [0, 0.05) is 11.3 Å². The molecule has 6 atom stereocenters. The Kier molecular flexibility index (Phi) is 3.49. The Balaban J connectivity index is 1.75. The summed E-state index contributed by atoms with van der Waals surface area (Å²) < 4.78 is 16.5. The number of fused-ring (bicyclic) bond motifs is 5. The molecule has 0 aromatic carbocycles. The summed E-state index contributed by atoms with van der Waals surface area (Å²) in [6.45, 7) is 4.14. The standard InChI is InChI=1S/C20H25FO2S/c1-18-9-10-20(21)15(14(18)5-6-16(18)17(23)24)4-3-12-11-13(22)7-8-19(12,20)2/h7-8,11,14-16H,3-6,9-10H2,1-2H3,(H,23,24)/t14?,15?,16?,18?,19?,20-/m1/s1. The summed E-state index contributed by atoms with van der Waals surface area (Å²) in [7, 11) is 0. The maximum atomic E-state index is 16.5. The highest BCUT2D eigenvalue weighted by Gasteiger charge is 2.66. The Bertz CT molecular complexity index is 683. The predicted molar refractivity (Wildman–Crippen MR) is 94.4 cm³/mol. The van der Waals surface area contributed by atoms with Crippen LogP contribution in [-0.2, 0) is 9.59 Å². The van der Waals surface area contributed by atoms with Gasteiger partial charge in [-0.05, 0) is 74.9 Å². The third-order valence-electron chi connectivity index (χ3n) is 7.96. The Morgan fingerprint density at radius 1 is 1.21 bits per heavy atom. The average Bonchev–Trinajstić information content (AvgIpc) is 2.87. The van der Waals surface area contributed by atoms with Crippen molar-refractivity contribution in [1.29, 1.82) is 0 Å². The van der Waals surface area contributed by atoms with Crippen LogP contribution in [0.1, 0.15) is 52.4 Å². The fraction of sp³-hybridized carbons (Fsp3) is 0.700. The van der Waals surface area contributed by atoms with Crippen molar-refractivity contribution in [3.63, 3.8) is 0 Å². The molecule has 0 heterocycles. The summed E-state index contributed by atoms with van der Waals surface area (Å²) in [6, 6.07) is 0. The molecular formula is C20H25FO2S. The lowest BCUT2D eigenvalue weighted by Crippen LogP contribution is -2.60. The van der Waals surface area contributed by atoms with Gasteiger partial charge in [0.05, 0.1) is 0 Å². The van der Waals surface area contributed by atoms with Crippen LogP contribution in [0.3, 0.4) is 0 Å². The van der Waals surface area contributed by atoms with Gasteiger partial charge in [0.2, 0.25) is 0 Å². The van der Waals surface area contributed by atoms with E-state index in [0.717, 1.165) is 37.7 Å². The topological polar surface area (TPSA) is 34.1 Å². The van der Waals surface area contributed by atoms with Crippen LogP contribution in [0, 0.1) is 28.6 Å². The SMILES string of the molecule is CC12CC[C@@]3(F)C(CCC4=CC(=O)C=CC43C)C1CCC2C(=O)S. The van der Waals surface area contributed by atoms with Gasteiger partial charge in [0.25, 0.3) is 0 Å². The highest BCUT2D eigenvalue weighted by atomic mass is 32.1. The highest BCUT2D eigenvalue weighted by molar-refractivity contribution is 7.96. The summed E-state index contributed by atoms with van der Waals surface area (Å²) in [5.74, 6) is 0.145. The first kappa shape index (κ1) is 16.6. The number of alkyl halides is 1. The second kappa shape index (κ2) is 5.06. The second-order valence-electron chi connectivity index (χ2n) is 8.70. The van der Waals surface area contributed by atoms with E-state index < -0.39 is 11.1 Å². The molecule has 5 unspecified atom stereocenters. The lowest BCUT2D eigenvalue weighted by atomic mass is 9.46.